The molecule has 0 atom stereocenters. The predicted octanol–water partition coefficient (Wildman–Crippen LogP) is 8.30. The molecule has 0 unspecified atom stereocenters. The van der Waals surface area contributed by atoms with Crippen molar-refractivity contribution < 1.29 is 14.3 Å². The monoisotopic (exact) mass is 663 g/mol. The number of rotatable bonds is 6. The second-order valence-corrected chi connectivity index (χ2v) is 10.9. The largest absolute Gasteiger partial charge is 0.422 e. The minimum absolute atomic E-state index is 0.301. The van der Waals surface area contributed by atoms with E-state index < -0.39 is 11.9 Å². The molecule has 0 fully saturated rings. The van der Waals surface area contributed by atoms with E-state index in [4.69, 9.17) is 16.3 Å². The first-order valence-corrected chi connectivity index (χ1v) is 13.7. The van der Waals surface area contributed by atoms with Gasteiger partial charge in [0.1, 0.15) is 11.4 Å². The number of aromatic amines is 1. The van der Waals surface area contributed by atoms with Crippen molar-refractivity contribution >= 4 is 72.5 Å². The normalized spacial score (nSPS) is 11.2. The highest BCUT2D eigenvalue weighted by atomic mass is 79.9. The number of ether oxygens (including phenoxy) is 1. The van der Waals surface area contributed by atoms with Crippen LogP contribution in [-0.4, -0.2) is 23.1 Å². The molecular formula is C30H20Br2ClN3O3. The Balaban J connectivity index is 1.43. The number of benzene rings is 4. The number of esters is 1. The number of hydrogen-bond acceptors (Lipinski definition) is 4. The highest BCUT2D eigenvalue weighted by Gasteiger charge is 2.21. The van der Waals surface area contributed by atoms with Gasteiger partial charge in [0.05, 0.1) is 11.8 Å². The fraction of sp³-hybridized carbons (Fsp3) is 0.0333. The van der Waals surface area contributed by atoms with E-state index in [9.17, 15) is 9.59 Å². The summed E-state index contributed by atoms with van der Waals surface area (Å²) in [7, 11) is 0. The van der Waals surface area contributed by atoms with Crippen molar-refractivity contribution in [3.8, 4) is 16.9 Å². The van der Waals surface area contributed by atoms with E-state index in [-0.39, 0.29) is 0 Å². The Morgan fingerprint density at radius 3 is 2.51 bits per heavy atom. The fourth-order valence-electron chi connectivity index (χ4n) is 4.14. The number of aromatic nitrogens is 1. The average molecular weight is 666 g/mol. The van der Waals surface area contributed by atoms with Crippen LogP contribution in [0.1, 0.15) is 32.0 Å². The number of fused-ring (bicyclic) bond motifs is 1. The van der Waals surface area contributed by atoms with Gasteiger partial charge in [0, 0.05) is 41.6 Å². The highest BCUT2D eigenvalue weighted by molar-refractivity contribution is 9.10. The predicted molar refractivity (Wildman–Crippen MR) is 162 cm³/mol. The van der Waals surface area contributed by atoms with E-state index in [1.54, 1.807) is 42.5 Å². The number of halogens is 3. The van der Waals surface area contributed by atoms with Gasteiger partial charge in [-0.2, -0.15) is 5.10 Å². The Morgan fingerprint density at radius 1 is 0.949 bits per heavy atom. The minimum Gasteiger partial charge on any atom is -0.422 e. The number of carbonyl (C=O) groups is 2. The molecule has 0 saturated carbocycles. The van der Waals surface area contributed by atoms with Crippen molar-refractivity contribution in [3.05, 3.63) is 121 Å². The van der Waals surface area contributed by atoms with Crippen LogP contribution in [0, 0.1) is 6.92 Å². The van der Waals surface area contributed by atoms with Crippen molar-refractivity contribution in [3.63, 3.8) is 0 Å². The maximum Gasteiger partial charge on any atom is 0.343 e. The van der Waals surface area contributed by atoms with Crippen molar-refractivity contribution in [2.45, 2.75) is 6.92 Å². The molecule has 0 aliphatic heterocycles. The molecule has 0 radical (unpaired) electrons. The molecule has 194 valence electrons. The number of aryl methyl sites for hydroxylation is 1. The van der Waals surface area contributed by atoms with Gasteiger partial charge in [-0.3, -0.25) is 4.79 Å². The zero-order valence-corrected chi connectivity index (χ0v) is 24.4. The fourth-order valence-corrected chi connectivity index (χ4v) is 5.11. The van der Waals surface area contributed by atoms with Crippen molar-refractivity contribution in [1.82, 2.24) is 10.4 Å². The Kier molecular flexibility index (Phi) is 7.97. The molecule has 0 aliphatic carbocycles. The molecular weight excluding hydrogens is 646 g/mol. The van der Waals surface area contributed by atoms with Crippen LogP contribution in [0.25, 0.3) is 22.0 Å². The first kappa shape index (κ1) is 26.9. The minimum atomic E-state index is -0.492. The summed E-state index contributed by atoms with van der Waals surface area (Å²) in [4.78, 5) is 29.2. The number of H-pyrrole nitrogens is 1. The Bertz CT molecular complexity index is 1760. The molecule has 5 rings (SSSR count). The van der Waals surface area contributed by atoms with E-state index >= 15 is 0 Å². The average Bonchev–Trinajstić information content (AvgIpc) is 3.29. The molecule has 2 N–H and O–H groups in total. The van der Waals surface area contributed by atoms with E-state index in [0.717, 1.165) is 31.0 Å². The number of hydrogen-bond donors (Lipinski definition) is 2. The lowest BCUT2D eigenvalue weighted by molar-refractivity contribution is 0.0734. The molecule has 9 heteroatoms. The summed E-state index contributed by atoms with van der Waals surface area (Å²) >= 11 is 13.5. The number of carbonyl (C=O) groups excluding carboxylic acids is 2. The second kappa shape index (κ2) is 11.6. The van der Waals surface area contributed by atoms with E-state index in [1.807, 2.05) is 49.4 Å². The summed E-state index contributed by atoms with van der Waals surface area (Å²) in [6.07, 6.45) is 1.43. The van der Waals surface area contributed by atoms with Crippen LogP contribution in [0.15, 0.2) is 99.0 Å². The zero-order valence-electron chi connectivity index (χ0n) is 20.5. The van der Waals surface area contributed by atoms with Crippen molar-refractivity contribution in [2.75, 3.05) is 0 Å². The molecule has 0 aliphatic rings. The summed E-state index contributed by atoms with van der Waals surface area (Å²) in [6.45, 7) is 1.90. The SMILES string of the molecule is Cc1cccc(C(=O)Oc2ccc(Br)cc2C=NNC(=O)c2[nH]c3ccc(Br)cc3c2-c2ccccc2Cl)c1. The second-order valence-electron chi connectivity index (χ2n) is 8.69. The zero-order chi connectivity index (χ0) is 27.5. The molecule has 5 aromatic rings. The van der Waals surface area contributed by atoms with Crippen LogP contribution >= 0.6 is 43.5 Å². The maximum atomic E-state index is 13.3. The lowest BCUT2D eigenvalue weighted by atomic mass is 10.0. The van der Waals surface area contributed by atoms with Gasteiger partial charge in [0.25, 0.3) is 5.91 Å². The Morgan fingerprint density at radius 2 is 1.72 bits per heavy atom. The van der Waals surface area contributed by atoms with Crippen LogP contribution < -0.4 is 10.2 Å². The lowest BCUT2D eigenvalue weighted by Crippen LogP contribution is -2.19. The highest BCUT2D eigenvalue weighted by Crippen LogP contribution is 2.37. The molecule has 0 saturated heterocycles. The van der Waals surface area contributed by atoms with Gasteiger partial charge in [-0.25, -0.2) is 10.2 Å². The number of nitrogens with zero attached hydrogens (tertiary/aromatic N) is 1. The van der Waals surface area contributed by atoms with Gasteiger partial charge >= 0.3 is 5.97 Å². The maximum absolute atomic E-state index is 13.3. The molecule has 6 nitrogen and oxygen atoms in total. The van der Waals surface area contributed by atoms with Crippen LogP contribution in [-0.2, 0) is 0 Å². The van der Waals surface area contributed by atoms with E-state index in [1.165, 1.54) is 6.21 Å². The molecule has 1 aromatic heterocycles. The summed E-state index contributed by atoms with van der Waals surface area (Å²) < 4.78 is 7.26. The summed E-state index contributed by atoms with van der Waals surface area (Å²) in [6, 6.07) is 25.4. The van der Waals surface area contributed by atoms with Crippen LogP contribution in [0.4, 0.5) is 0 Å². The number of amides is 1. The number of hydrazone groups is 1. The van der Waals surface area contributed by atoms with Crippen molar-refractivity contribution in [2.24, 2.45) is 5.10 Å². The first-order valence-electron chi connectivity index (χ1n) is 11.8. The third kappa shape index (κ3) is 5.98. The molecule has 4 aromatic carbocycles. The van der Waals surface area contributed by atoms with E-state index in [0.29, 0.717) is 33.2 Å². The topological polar surface area (TPSA) is 83.5 Å². The standard InChI is InChI=1S/C30H20Br2ClN3O3/c1-17-5-4-6-18(13-17)30(38)39-26-12-10-20(31)14-19(26)16-34-36-29(37)28-27(22-7-2-3-8-24(22)33)23-15-21(32)9-11-25(23)35-28/h2-16,35H,1H3,(H,36,37). The van der Waals surface area contributed by atoms with Gasteiger partial charge < -0.3 is 9.72 Å². The lowest BCUT2D eigenvalue weighted by Gasteiger charge is -2.09. The Labute approximate surface area is 246 Å². The van der Waals surface area contributed by atoms with Gasteiger partial charge in [-0.15, -0.1) is 0 Å². The van der Waals surface area contributed by atoms with Crippen LogP contribution in [0.5, 0.6) is 5.75 Å². The molecule has 0 bridgehead atoms. The molecule has 0 spiro atoms. The van der Waals surface area contributed by atoms with Crippen LogP contribution in [0.2, 0.25) is 5.02 Å². The van der Waals surface area contributed by atoms with E-state index in [2.05, 4.69) is 47.4 Å². The summed E-state index contributed by atoms with van der Waals surface area (Å²) in [5, 5.41) is 5.52. The molecule has 1 amide bonds. The molecule has 39 heavy (non-hydrogen) atoms. The number of nitrogens with one attached hydrogen (secondary N) is 2. The third-order valence-electron chi connectivity index (χ3n) is 5.93. The van der Waals surface area contributed by atoms with Crippen LogP contribution in [0.3, 0.4) is 0 Å². The smallest absolute Gasteiger partial charge is 0.343 e. The van der Waals surface area contributed by atoms with Crippen molar-refractivity contribution in [1.29, 1.82) is 0 Å². The van der Waals surface area contributed by atoms with Gasteiger partial charge in [0.2, 0.25) is 0 Å². The van der Waals surface area contributed by atoms with Gasteiger partial charge in [0.15, 0.2) is 0 Å². The van der Waals surface area contributed by atoms with Gasteiger partial charge in [-0.1, -0.05) is 79.4 Å². The third-order valence-corrected chi connectivity index (χ3v) is 7.24. The molecule has 1 heterocycles. The quantitative estimate of drug-likeness (QED) is 0.0829. The van der Waals surface area contributed by atoms with Gasteiger partial charge in [-0.05, 0) is 61.5 Å². The first-order chi connectivity index (χ1) is 18.8. The summed E-state index contributed by atoms with van der Waals surface area (Å²) in [5.41, 5.74) is 6.94. The summed E-state index contributed by atoms with van der Waals surface area (Å²) in [5.74, 6) is -0.648. The Hall–Kier alpha value is -3.72.